The van der Waals surface area contributed by atoms with Crippen LogP contribution in [-0.4, -0.2) is 6.61 Å². The second kappa shape index (κ2) is 3.54. The van der Waals surface area contributed by atoms with Gasteiger partial charge in [-0.3, -0.25) is 0 Å². The zero-order valence-corrected chi connectivity index (χ0v) is 10.1. The summed E-state index contributed by atoms with van der Waals surface area (Å²) in [5.74, 6) is 1.04. The molecule has 0 spiro atoms. The van der Waals surface area contributed by atoms with Gasteiger partial charge in [0.25, 0.3) is 0 Å². The monoisotopic (exact) mass is 338 g/mol. The quantitative estimate of drug-likeness (QED) is 0.517. The molecule has 1 heterocycles. The summed E-state index contributed by atoms with van der Waals surface area (Å²) in [5, 5.41) is 0. The van der Waals surface area contributed by atoms with E-state index in [9.17, 15) is 0 Å². The Morgan fingerprint density at radius 3 is 3.08 bits per heavy atom. The van der Waals surface area contributed by atoms with Crippen molar-refractivity contribution in [1.29, 1.82) is 0 Å². The van der Waals surface area contributed by atoms with Gasteiger partial charge in [-0.25, -0.2) is 0 Å². The van der Waals surface area contributed by atoms with Crippen LogP contribution in [0, 0.1) is 0 Å². The molecule has 0 saturated carbocycles. The number of rotatable bonds is 0. The first-order valence-electron chi connectivity index (χ1n) is 3.84. The van der Waals surface area contributed by atoms with Crippen LogP contribution in [-0.2, 0) is 0 Å². The summed E-state index contributed by atoms with van der Waals surface area (Å²) in [6, 6.07) is 6.11. The first kappa shape index (κ1) is 8.81. The van der Waals surface area contributed by atoms with Crippen LogP contribution in [0.15, 0.2) is 22.7 Å². The number of hydrogen-bond acceptors (Lipinski definition) is 1. The molecule has 0 amide bonds. The Labute approximate surface area is 93.8 Å². The molecule has 0 fully saturated rings. The molecule has 1 unspecified atom stereocenters. The van der Waals surface area contributed by atoms with Crippen LogP contribution in [0.5, 0.6) is 5.75 Å². The smallest absolute Gasteiger partial charge is 0.124 e. The largest absolute Gasteiger partial charge is 0.493 e. The Morgan fingerprint density at radius 1 is 1.50 bits per heavy atom. The maximum atomic E-state index is 5.54. The fourth-order valence-corrected chi connectivity index (χ4v) is 3.31. The minimum atomic E-state index is 0.585. The van der Waals surface area contributed by atoms with Crippen molar-refractivity contribution < 1.29 is 4.74 Å². The fourth-order valence-electron chi connectivity index (χ4n) is 1.36. The second-order valence-corrected chi connectivity index (χ2v) is 5.11. The van der Waals surface area contributed by atoms with Crippen LogP contribution in [0.3, 0.4) is 0 Å². The topological polar surface area (TPSA) is 9.23 Å². The van der Waals surface area contributed by atoms with Crippen molar-refractivity contribution >= 4 is 38.5 Å². The van der Waals surface area contributed by atoms with Crippen LogP contribution >= 0.6 is 38.5 Å². The fraction of sp³-hybridized carbons (Fsp3) is 0.333. The van der Waals surface area contributed by atoms with Crippen LogP contribution < -0.4 is 4.74 Å². The molecule has 0 aliphatic carbocycles. The minimum Gasteiger partial charge on any atom is -0.493 e. The molecule has 12 heavy (non-hydrogen) atoms. The highest BCUT2D eigenvalue weighted by Gasteiger charge is 2.20. The lowest BCUT2D eigenvalue weighted by Crippen LogP contribution is -2.10. The Hall–Kier alpha value is 0.230. The van der Waals surface area contributed by atoms with Gasteiger partial charge in [-0.05, 0) is 18.6 Å². The van der Waals surface area contributed by atoms with Crippen molar-refractivity contribution in [1.82, 2.24) is 0 Å². The van der Waals surface area contributed by atoms with Crippen molar-refractivity contribution in [2.45, 2.75) is 10.3 Å². The average molecular weight is 339 g/mol. The first-order valence-corrected chi connectivity index (χ1v) is 5.88. The summed E-state index contributed by atoms with van der Waals surface area (Å²) in [5.41, 5.74) is 1.31. The van der Waals surface area contributed by atoms with Crippen LogP contribution in [0.1, 0.15) is 15.9 Å². The van der Waals surface area contributed by atoms with E-state index in [0.29, 0.717) is 3.92 Å². The van der Waals surface area contributed by atoms with Gasteiger partial charge in [0.05, 0.1) is 6.61 Å². The lowest BCUT2D eigenvalue weighted by atomic mass is 10.1. The highest BCUT2D eigenvalue weighted by Crippen LogP contribution is 2.41. The molecular formula is C9H8BrIO. The van der Waals surface area contributed by atoms with E-state index in [1.165, 1.54) is 10.0 Å². The lowest BCUT2D eigenvalue weighted by Gasteiger charge is -2.22. The molecule has 0 radical (unpaired) electrons. The number of ether oxygens (including phenoxy) is 1. The molecule has 1 nitrogen and oxygen atoms in total. The number of alkyl halides is 1. The Morgan fingerprint density at radius 2 is 2.33 bits per heavy atom. The predicted octanol–water partition coefficient (Wildman–Crippen LogP) is 3.71. The van der Waals surface area contributed by atoms with Crippen molar-refractivity contribution in [2.24, 2.45) is 0 Å². The molecule has 0 bridgehead atoms. The maximum Gasteiger partial charge on any atom is 0.124 e. The van der Waals surface area contributed by atoms with Gasteiger partial charge in [0.15, 0.2) is 0 Å². The van der Waals surface area contributed by atoms with Gasteiger partial charge in [-0.15, -0.1) is 0 Å². The van der Waals surface area contributed by atoms with Gasteiger partial charge in [-0.1, -0.05) is 44.6 Å². The summed E-state index contributed by atoms with van der Waals surface area (Å²) < 4.78 is 7.29. The van der Waals surface area contributed by atoms with E-state index >= 15 is 0 Å². The number of hydrogen-bond donors (Lipinski definition) is 0. The van der Waals surface area contributed by atoms with Crippen LogP contribution in [0.2, 0.25) is 0 Å². The third-order valence-electron chi connectivity index (χ3n) is 1.96. The van der Waals surface area contributed by atoms with Gasteiger partial charge < -0.3 is 4.74 Å². The average Bonchev–Trinajstić information content (AvgIpc) is 2.04. The molecule has 1 aromatic rings. The van der Waals surface area contributed by atoms with Crippen molar-refractivity contribution in [3.63, 3.8) is 0 Å². The zero-order chi connectivity index (χ0) is 8.55. The molecule has 1 aromatic carbocycles. The van der Waals surface area contributed by atoms with E-state index in [-0.39, 0.29) is 0 Å². The van der Waals surface area contributed by atoms with Gasteiger partial charge in [0.2, 0.25) is 0 Å². The molecule has 64 valence electrons. The summed E-state index contributed by atoms with van der Waals surface area (Å²) in [4.78, 5) is 0. The van der Waals surface area contributed by atoms with E-state index in [4.69, 9.17) is 4.74 Å². The van der Waals surface area contributed by atoms with Gasteiger partial charge in [-0.2, -0.15) is 0 Å². The Balaban J connectivity index is 2.53. The van der Waals surface area contributed by atoms with E-state index in [1.807, 2.05) is 12.1 Å². The third kappa shape index (κ3) is 1.48. The standard InChI is InChI=1S/C9H8BrIO/c10-6-2-1-3-8-9(6)7(11)4-5-12-8/h1-3,7H,4-5H2. The highest BCUT2D eigenvalue weighted by molar-refractivity contribution is 14.1. The summed E-state index contributed by atoms with van der Waals surface area (Å²) >= 11 is 6.00. The van der Waals surface area contributed by atoms with E-state index < -0.39 is 0 Å². The van der Waals surface area contributed by atoms with Crippen molar-refractivity contribution in [2.75, 3.05) is 6.61 Å². The Kier molecular flexibility index (Phi) is 2.60. The van der Waals surface area contributed by atoms with Gasteiger partial charge in [0.1, 0.15) is 5.75 Å². The first-order chi connectivity index (χ1) is 5.79. The zero-order valence-electron chi connectivity index (χ0n) is 6.39. The number of fused-ring (bicyclic) bond motifs is 1. The molecule has 0 aromatic heterocycles. The van der Waals surface area contributed by atoms with Gasteiger partial charge in [0, 0.05) is 14.0 Å². The lowest BCUT2D eigenvalue weighted by molar-refractivity contribution is 0.288. The second-order valence-electron chi connectivity index (χ2n) is 2.76. The molecule has 2 rings (SSSR count). The normalized spacial score (nSPS) is 21.3. The molecule has 1 atom stereocenters. The predicted molar refractivity (Wildman–Crippen MR) is 61.0 cm³/mol. The minimum absolute atomic E-state index is 0.585. The summed E-state index contributed by atoms with van der Waals surface area (Å²) in [7, 11) is 0. The number of benzene rings is 1. The molecule has 0 saturated heterocycles. The summed E-state index contributed by atoms with van der Waals surface area (Å²) in [6.45, 7) is 0.844. The molecule has 1 aliphatic heterocycles. The van der Waals surface area contributed by atoms with Crippen molar-refractivity contribution in [3.8, 4) is 5.75 Å². The molecule has 0 N–H and O–H groups in total. The maximum absolute atomic E-state index is 5.54. The van der Waals surface area contributed by atoms with E-state index in [2.05, 4.69) is 44.6 Å². The molecule has 1 aliphatic rings. The van der Waals surface area contributed by atoms with Crippen LogP contribution in [0.25, 0.3) is 0 Å². The highest BCUT2D eigenvalue weighted by atomic mass is 127. The van der Waals surface area contributed by atoms with E-state index in [0.717, 1.165) is 18.8 Å². The van der Waals surface area contributed by atoms with Crippen molar-refractivity contribution in [3.05, 3.63) is 28.2 Å². The SMILES string of the molecule is Brc1cccc2c1C(I)CCO2. The Bertz CT molecular complexity index is 301. The van der Waals surface area contributed by atoms with Crippen LogP contribution in [0.4, 0.5) is 0 Å². The molecule has 3 heteroatoms. The molecular weight excluding hydrogens is 331 g/mol. The summed E-state index contributed by atoms with van der Waals surface area (Å²) in [6.07, 6.45) is 1.11. The third-order valence-corrected chi connectivity index (χ3v) is 3.89. The van der Waals surface area contributed by atoms with E-state index in [1.54, 1.807) is 0 Å². The number of halogens is 2. The van der Waals surface area contributed by atoms with Gasteiger partial charge >= 0.3 is 0 Å².